The van der Waals surface area contributed by atoms with Gasteiger partial charge in [0.2, 0.25) is 11.8 Å². The standard InChI is InChI=1S/C21H33N5O4S/c1-16(21(28)23-18-10-8-17(9-11-18)20(22)27)25-12-14-26(15-13-25)31(29,30)24(2)19-6-4-3-5-7-19/h8-11,16,19H,3-7,12-15H2,1-2H3,(H2,22,27)(H,23,28). The number of carbonyl (C=O) groups is 2. The molecule has 1 aromatic carbocycles. The molecule has 0 bridgehead atoms. The number of anilines is 1. The first-order valence-corrected chi connectivity index (χ1v) is 12.3. The third kappa shape index (κ3) is 5.62. The van der Waals surface area contributed by atoms with Gasteiger partial charge in [0.15, 0.2) is 0 Å². The number of nitrogens with two attached hydrogens (primary N) is 1. The molecule has 1 aromatic rings. The molecular formula is C21H33N5O4S. The molecule has 1 unspecified atom stereocenters. The van der Waals surface area contributed by atoms with E-state index in [0.29, 0.717) is 37.4 Å². The molecule has 2 amide bonds. The minimum absolute atomic E-state index is 0.0856. The fourth-order valence-corrected chi connectivity index (χ4v) is 5.84. The van der Waals surface area contributed by atoms with Crippen molar-refractivity contribution in [3.05, 3.63) is 29.8 Å². The molecule has 3 N–H and O–H groups in total. The number of hydrogen-bond acceptors (Lipinski definition) is 5. The molecule has 1 heterocycles. The first kappa shape index (κ1) is 23.6. The third-order valence-corrected chi connectivity index (χ3v) is 8.46. The molecule has 1 saturated carbocycles. The summed E-state index contributed by atoms with van der Waals surface area (Å²) in [6.07, 6.45) is 5.19. The summed E-state index contributed by atoms with van der Waals surface area (Å²) >= 11 is 0. The van der Waals surface area contributed by atoms with Crippen molar-refractivity contribution in [2.45, 2.75) is 51.1 Å². The fraction of sp³-hybridized carbons (Fsp3) is 0.619. The molecular weight excluding hydrogens is 418 g/mol. The Balaban J connectivity index is 1.53. The number of benzene rings is 1. The quantitative estimate of drug-likeness (QED) is 0.647. The zero-order chi connectivity index (χ0) is 22.6. The summed E-state index contributed by atoms with van der Waals surface area (Å²) in [5, 5.41) is 2.84. The van der Waals surface area contributed by atoms with Crippen LogP contribution in [-0.2, 0) is 15.0 Å². The van der Waals surface area contributed by atoms with Crippen LogP contribution in [0.4, 0.5) is 5.69 Å². The van der Waals surface area contributed by atoms with E-state index in [1.54, 1.807) is 35.6 Å². The topological polar surface area (TPSA) is 116 Å². The highest BCUT2D eigenvalue weighted by Crippen LogP contribution is 2.25. The van der Waals surface area contributed by atoms with E-state index in [-0.39, 0.29) is 11.9 Å². The molecule has 31 heavy (non-hydrogen) atoms. The SMILES string of the molecule is CC(C(=O)Nc1ccc(C(N)=O)cc1)N1CCN(S(=O)(=O)N(C)C2CCCCC2)CC1. The van der Waals surface area contributed by atoms with Gasteiger partial charge in [-0.05, 0) is 44.0 Å². The van der Waals surface area contributed by atoms with Crippen LogP contribution < -0.4 is 11.1 Å². The van der Waals surface area contributed by atoms with Crippen molar-refractivity contribution in [3.63, 3.8) is 0 Å². The first-order chi connectivity index (χ1) is 14.7. The van der Waals surface area contributed by atoms with Crippen molar-refractivity contribution in [2.24, 2.45) is 5.73 Å². The number of piperazine rings is 1. The average Bonchev–Trinajstić information content (AvgIpc) is 2.79. The average molecular weight is 452 g/mol. The Morgan fingerprint density at radius 3 is 2.19 bits per heavy atom. The van der Waals surface area contributed by atoms with E-state index in [1.165, 1.54) is 10.7 Å². The van der Waals surface area contributed by atoms with Gasteiger partial charge in [0.25, 0.3) is 10.2 Å². The van der Waals surface area contributed by atoms with E-state index in [9.17, 15) is 18.0 Å². The van der Waals surface area contributed by atoms with Gasteiger partial charge in [-0.1, -0.05) is 19.3 Å². The predicted molar refractivity (Wildman–Crippen MR) is 120 cm³/mol. The third-order valence-electron chi connectivity index (χ3n) is 6.42. The normalized spacial score (nSPS) is 20.5. The van der Waals surface area contributed by atoms with Crippen molar-refractivity contribution in [1.82, 2.24) is 13.5 Å². The smallest absolute Gasteiger partial charge is 0.282 e. The second-order valence-corrected chi connectivity index (χ2v) is 10.3. The molecule has 3 rings (SSSR count). The predicted octanol–water partition coefficient (Wildman–Crippen LogP) is 1.24. The summed E-state index contributed by atoms with van der Waals surface area (Å²) < 4.78 is 29.1. The van der Waals surface area contributed by atoms with Crippen LogP contribution in [0.5, 0.6) is 0 Å². The summed E-state index contributed by atoms with van der Waals surface area (Å²) in [6, 6.07) is 6.08. The Labute approximate surface area is 184 Å². The molecule has 1 aliphatic carbocycles. The number of primary amides is 1. The second-order valence-electron chi connectivity index (χ2n) is 8.36. The highest BCUT2D eigenvalue weighted by molar-refractivity contribution is 7.86. The minimum Gasteiger partial charge on any atom is -0.366 e. The molecule has 172 valence electrons. The zero-order valence-electron chi connectivity index (χ0n) is 18.3. The van der Waals surface area contributed by atoms with Gasteiger partial charge >= 0.3 is 0 Å². The van der Waals surface area contributed by atoms with E-state index in [0.717, 1.165) is 25.7 Å². The van der Waals surface area contributed by atoms with Crippen molar-refractivity contribution < 1.29 is 18.0 Å². The first-order valence-electron chi connectivity index (χ1n) is 10.9. The highest BCUT2D eigenvalue weighted by Gasteiger charge is 2.36. The van der Waals surface area contributed by atoms with Gasteiger partial charge in [0, 0.05) is 50.5 Å². The van der Waals surface area contributed by atoms with Gasteiger partial charge in [-0.2, -0.15) is 17.0 Å². The van der Waals surface area contributed by atoms with Gasteiger partial charge in [-0.3, -0.25) is 14.5 Å². The Bertz CT molecular complexity index is 876. The zero-order valence-corrected chi connectivity index (χ0v) is 19.1. The Morgan fingerprint density at radius 1 is 1.06 bits per heavy atom. The molecule has 0 spiro atoms. The molecule has 1 atom stereocenters. The van der Waals surface area contributed by atoms with Crippen molar-refractivity contribution in [3.8, 4) is 0 Å². The van der Waals surface area contributed by atoms with Crippen LogP contribution in [0.3, 0.4) is 0 Å². The molecule has 0 aromatic heterocycles. The maximum Gasteiger partial charge on any atom is 0.282 e. The van der Waals surface area contributed by atoms with E-state index in [4.69, 9.17) is 5.73 Å². The summed E-state index contributed by atoms with van der Waals surface area (Å²) in [4.78, 5) is 25.8. The summed E-state index contributed by atoms with van der Waals surface area (Å²) in [5.41, 5.74) is 6.19. The van der Waals surface area contributed by atoms with Gasteiger partial charge in [-0.25, -0.2) is 0 Å². The lowest BCUT2D eigenvalue weighted by Gasteiger charge is -2.40. The minimum atomic E-state index is -3.49. The van der Waals surface area contributed by atoms with Crippen LogP contribution in [0, 0.1) is 0 Å². The molecule has 0 radical (unpaired) electrons. The Morgan fingerprint density at radius 2 is 1.65 bits per heavy atom. The van der Waals surface area contributed by atoms with Gasteiger partial charge in [0.05, 0.1) is 6.04 Å². The number of carbonyl (C=O) groups excluding carboxylic acids is 2. The fourth-order valence-electron chi connectivity index (χ4n) is 4.27. The molecule has 1 aliphatic heterocycles. The maximum absolute atomic E-state index is 13.0. The van der Waals surface area contributed by atoms with Crippen LogP contribution in [0.2, 0.25) is 0 Å². The lowest BCUT2D eigenvalue weighted by Crippen LogP contribution is -2.57. The van der Waals surface area contributed by atoms with Crippen molar-refractivity contribution in [1.29, 1.82) is 0 Å². The highest BCUT2D eigenvalue weighted by atomic mass is 32.2. The Kier molecular flexibility index (Phi) is 7.68. The molecule has 2 fully saturated rings. The van der Waals surface area contributed by atoms with Gasteiger partial charge < -0.3 is 11.1 Å². The second kappa shape index (κ2) is 10.1. The van der Waals surface area contributed by atoms with Crippen molar-refractivity contribution in [2.75, 3.05) is 38.5 Å². The molecule has 2 aliphatic rings. The number of rotatable bonds is 7. The van der Waals surface area contributed by atoms with Crippen LogP contribution in [0.15, 0.2) is 24.3 Å². The molecule has 10 heteroatoms. The van der Waals surface area contributed by atoms with Gasteiger partial charge in [-0.15, -0.1) is 0 Å². The number of hydrogen-bond donors (Lipinski definition) is 2. The summed E-state index contributed by atoms with van der Waals surface area (Å²) in [5.74, 6) is -0.698. The van der Waals surface area contributed by atoms with E-state index in [2.05, 4.69) is 5.32 Å². The number of nitrogens with one attached hydrogen (secondary N) is 1. The van der Waals surface area contributed by atoms with Crippen LogP contribution in [-0.4, -0.2) is 79.1 Å². The van der Waals surface area contributed by atoms with Crippen LogP contribution in [0.25, 0.3) is 0 Å². The molecule has 1 saturated heterocycles. The maximum atomic E-state index is 13.0. The lowest BCUT2D eigenvalue weighted by molar-refractivity contribution is -0.121. The monoisotopic (exact) mass is 451 g/mol. The largest absolute Gasteiger partial charge is 0.366 e. The van der Waals surface area contributed by atoms with Crippen LogP contribution in [0.1, 0.15) is 49.4 Å². The number of nitrogens with zero attached hydrogens (tertiary/aromatic N) is 3. The Hall–Kier alpha value is -2.01. The van der Waals surface area contributed by atoms with E-state index < -0.39 is 22.2 Å². The lowest BCUT2D eigenvalue weighted by atomic mass is 9.96. The van der Waals surface area contributed by atoms with Crippen LogP contribution >= 0.6 is 0 Å². The van der Waals surface area contributed by atoms with Gasteiger partial charge in [0.1, 0.15) is 0 Å². The summed E-state index contributed by atoms with van der Waals surface area (Å²) in [7, 11) is -1.80. The number of amides is 2. The van der Waals surface area contributed by atoms with E-state index >= 15 is 0 Å². The van der Waals surface area contributed by atoms with Crippen molar-refractivity contribution >= 4 is 27.7 Å². The summed E-state index contributed by atoms with van der Waals surface area (Å²) in [6.45, 7) is 3.53. The van der Waals surface area contributed by atoms with E-state index in [1.807, 2.05) is 11.8 Å². The molecule has 9 nitrogen and oxygen atoms in total.